The molecule has 0 spiro atoms. The summed E-state index contributed by atoms with van der Waals surface area (Å²) in [5.74, 6) is 0. The first-order valence-corrected chi connectivity index (χ1v) is 11.1. The van der Waals surface area contributed by atoms with Crippen LogP contribution in [0, 0.1) is 0 Å². The van der Waals surface area contributed by atoms with E-state index in [-0.39, 0.29) is 0 Å². The van der Waals surface area contributed by atoms with Gasteiger partial charge in [0.2, 0.25) is 0 Å². The molecule has 0 aliphatic carbocycles. The summed E-state index contributed by atoms with van der Waals surface area (Å²) in [5, 5.41) is 0.847. The predicted molar refractivity (Wildman–Crippen MR) is 134 cm³/mol. The fraction of sp³-hybridized carbons (Fsp3) is 0.391. The first-order chi connectivity index (χ1) is 14.0. The lowest BCUT2D eigenvalue weighted by Gasteiger charge is -2.23. The number of hydrogen-bond donors (Lipinski definition) is 2. The van der Waals surface area contributed by atoms with Gasteiger partial charge in [-0.2, -0.15) is 0 Å². The molecular weight excluding hydrogens is 396 g/mol. The van der Waals surface area contributed by atoms with Gasteiger partial charge in [0.05, 0.1) is 0 Å². The van der Waals surface area contributed by atoms with Crippen LogP contribution in [0.1, 0.15) is 50.7 Å². The van der Waals surface area contributed by atoms with Gasteiger partial charge in [0.1, 0.15) is 0 Å². The molecule has 2 aromatic carbocycles. The van der Waals surface area contributed by atoms with Crippen LogP contribution in [0.4, 0.5) is 11.4 Å². The van der Waals surface area contributed by atoms with E-state index >= 15 is 0 Å². The average molecular weight is 429 g/mol. The highest BCUT2D eigenvalue weighted by Gasteiger charge is 2.10. The quantitative estimate of drug-likeness (QED) is 0.521. The molecule has 0 atom stereocenters. The van der Waals surface area contributed by atoms with Gasteiger partial charge in [-0.15, -0.1) is 0 Å². The van der Waals surface area contributed by atoms with Crippen molar-refractivity contribution in [3.63, 3.8) is 0 Å². The number of thiocarbonyl (C=S) groups is 2. The molecule has 156 valence electrons. The number of nitrogens with two attached hydrogens (primary N) is 2. The minimum atomic E-state index is 0.423. The van der Waals surface area contributed by atoms with Crippen LogP contribution in [0.2, 0.25) is 0 Å². The van der Waals surface area contributed by atoms with Gasteiger partial charge in [0, 0.05) is 24.5 Å². The maximum Gasteiger partial charge on any atom is 0.170 e. The van der Waals surface area contributed by atoms with Gasteiger partial charge in [-0.25, -0.2) is 0 Å². The molecule has 0 aromatic heterocycles. The normalized spacial score (nSPS) is 10.6. The standard InChI is InChI=1S/C23H32N4S2/c1-3-5-15-26(22(24)28)20-11-7-18(8-12-20)17-19-9-13-21(14-10-19)27(23(25)29)16-6-4-2/h7-14H,3-6,15-17H2,1-2H3,(H2,24,28)(H2,25,29). The third-order valence-electron chi connectivity index (χ3n) is 4.91. The molecule has 0 radical (unpaired) electrons. The maximum absolute atomic E-state index is 5.90. The van der Waals surface area contributed by atoms with E-state index in [1.54, 1.807) is 0 Å². The van der Waals surface area contributed by atoms with Gasteiger partial charge in [0.15, 0.2) is 10.2 Å². The Morgan fingerprint density at radius 3 is 1.31 bits per heavy atom. The SMILES string of the molecule is CCCCN(C(N)=S)c1ccc(Cc2ccc(N(CCCC)C(N)=S)cc2)cc1. The molecule has 6 heteroatoms. The summed E-state index contributed by atoms with van der Waals surface area (Å²) in [6, 6.07) is 16.9. The zero-order valence-corrected chi connectivity index (χ0v) is 19.1. The Labute approximate surface area is 185 Å². The number of unbranched alkanes of at least 4 members (excludes halogenated alkanes) is 2. The minimum absolute atomic E-state index is 0.423. The van der Waals surface area contributed by atoms with Gasteiger partial charge in [-0.3, -0.25) is 0 Å². The molecule has 29 heavy (non-hydrogen) atoms. The van der Waals surface area contributed by atoms with Crippen LogP contribution in [-0.2, 0) is 6.42 Å². The number of rotatable bonds is 10. The Bertz CT molecular complexity index is 720. The summed E-state index contributed by atoms with van der Waals surface area (Å²) < 4.78 is 0. The van der Waals surface area contributed by atoms with Crippen molar-refractivity contribution < 1.29 is 0 Å². The largest absolute Gasteiger partial charge is 0.376 e. The molecule has 0 unspecified atom stereocenters. The zero-order valence-electron chi connectivity index (χ0n) is 17.4. The van der Waals surface area contributed by atoms with Crippen molar-refractivity contribution >= 4 is 46.0 Å². The van der Waals surface area contributed by atoms with E-state index in [4.69, 9.17) is 35.9 Å². The Hall–Kier alpha value is -2.18. The van der Waals surface area contributed by atoms with Crippen molar-refractivity contribution in [3.8, 4) is 0 Å². The second kappa shape index (κ2) is 11.7. The second-order valence-corrected chi connectivity index (χ2v) is 8.03. The number of anilines is 2. The molecule has 4 nitrogen and oxygen atoms in total. The van der Waals surface area contributed by atoms with E-state index in [0.29, 0.717) is 10.2 Å². The zero-order chi connectivity index (χ0) is 21.2. The van der Waals surface area contributed by atoms with Crippen LogP contribution < -0.4 is 21.3 Å². The van der Waals surface area contributed by atoms with Crippen molar-refractivity contribution in [2.24, 2.45) is 11.5 Å². The summed E-state index contributed by atoms with van der Waals surface area (Å²) in [7, 11) is 0. The van der Waals surface area contributed by atoms with Gasteiger partial charge in [-0.05, 0) is 79.1 Å². The smallest absolute Gasteiger partial charge is 0.170 e. The summed E-state index contributed by atoms with van der Waals surface area (Å²) in [6.45, 7) is 6.03. The molecule has 0 saturated heterocycles. The van der Waals surface area contributed by atoms with Crippen molar-refractivity contribution in [1.82, 2.24) is 0 Å². The second-order valence-electron chi connectivity index (χ2n) is 7.20. The molecule has 0 heterocycles. The van der Waals surface area contributed by atoms with Crippen LogP contribution in [-0.4, -0.2) is 23.3 Å². The van der Waals surface area contributed by atoms with Crippen molar-refractivity contribution in [3.05, 3.63) is 59.7 Å². The van der Waals surface area contributed by atoms with Crippen LogP contribution in [0.25, 0.3) is 0 Å². The lowest BCUT2D eigenvalue weighted by atomic mass is 10.0. The fourth-order valence-corrected chi connectivity index (χ4v) is 3.58. The first kappa shape index (κ1) is 23.1. The third kappa shape index (κ3) is 6.98. The molecule has 0 aliphatic rings. The van der Waals surface area contributed by atoms with E-state index in [2.05, 4.69) is 62.4 Å². The summed E-state index contributed by atoms with van der Waals surface area (Å²) in [5.41, 5.74) is 16.4. The summed E-state index contributed by atoms with van der Waals surface area (Å²) >= 11 is 10.4. The van der Waals surface area contributed by atoms with Crippen molar-refractivity contribution in [2.45, 2.75) is 46.0 Å². The third-order valence-corrected chi connectivity index (χ3v) is 5.35. The lowest BCUT2D eigenvalue weighted by molar-refractivity contribution is 0.795. The molecule has 0 saturated carbocycles. The average Bonchev–Trinajstić information content (AvgIpc) is 2.70. The Morgan fingerprint density at radius 1 is 0.690 bits per heavy atom. The topological polar surface area (TPSA) is 58.5 Å². The first-order valence-electron chi connectivity index (χ1n) is 10.3. The highest BCUT2D eigenvalue weighted by molar-refractivity contribution is 7.80. The van der Waals surface area contributed by atoms with Gasteiger partial charge >= 0.3 is 0 Å². The molecule has 2 rings (SSSR count). The molecule has 0 aliphatic heterocycles. The molecule has 2 aromatic rings. The highest BCUT2D eigenvalue weighted by atomic mass is 32.1. The lowest BCUT2D eigenvalue weighted by Crippen LogP contribution is -2.36. The van der Waals surface area contributed by atoms with Crippen LogP contribution in [0.15, 0.2) is 48.5 Å². The molecule has 0 fully saturated rings. The Kier molecular flexibility index (Phi) is 9.35. The minimum Gasteiger partial charge on any atom is -0.376 e. The van der Waals surface area contributed by atoms with Gasteiger partial charge in [-0.1, -0.05) is 51.0 Å². The molecular formula is C23H32N4S2. The van der Waals surface area contributed by atoms with Crippen molar-refractivity contribution in [2.75, 3.05) is 22.9 Å². The summed E-state index contributed by atoms with van der Waals surface area (Å²) in [6.07, 6.45) is 5.21. The number of benzene rings is 2. The van der Waals surface area contributed by atoms with Crippen LogP contribution >= 0.6 is 24.4 Å². The maximum atomic E-state index is 5.90. The number of nitrogens with zero attached hydrogens (tertiary/aromatic N) is 2. The molecule has 4 N–H and O–H groups in total. The van der Waals surface area contributed by atoms with Gasteiger partial charge in [0.25, 0.3) is 0 Å². The van der Waals surface area contributed by atoms with Gasteiger partial charge < -0.3 is 21.3 Å². The fourth-order valence-electron chi connectivity index (χ4n) is 3.19. The summed E-state index contributed by atoms with van der Waals surface area (Å²) in [4.78, 5) is 4.00. The number of hydrogen-bond acceptors (Lipinski definition) is 2. The van der Waals surface area contributed by atoms with E-state index in [9.17, 15) is 0 Å². The monoisotopic (exact) mass is 428 g/mol. The van der Waals surface area contributed by atoms with E-state index in [1.165, 1.54) is 11.1 Å². The van der Waals surface area contributed by atoms with Crippen LogP contribution in [0.3, 0.4) is 0 Å². The molecule has 0 amide bonds. The van der Waals surface area contributed by atoms with E-state index in [0.717, 1.165) is 56.6 Å². The van der Waals surface area contributed by atoms with E-state index < -0.39 is 0 Å². The Morgan fingerprint density at radius 2 is 1.03 bits per heavy atom. The predicted octanol–water partition coefficient (Wildman–Crippen LogP) is 4.98. The molecule has 0 bridgehead atoms. The Balaban J connectivity index is 2.06. The van der Waals surface area contributed by atoms with Crippen molar-refractivity contribution in [1.29, 1.82) is 0 Å². The van der Waals surface area contributed by atoms with Crippen LogP contribution in [0.5, 0.6) is 0 Å². The van der Waals surface area contributed by atoms with E-state index in [1.807, 2.05) is 9.80 Å². The highest BCUT2D eigenvalue weighted by Crippen LogP contribution is 2.21.